The molecule has 1 amide bonds. The standard InChI is InChI=1S/C58H101N2O6P/c1-6-8-10-12-14-16-18-20-22-24-26-28-29-30-31-32-34-36-38-40-42-44-46-48-50-52-58(62)59-56(55-66-67(63,64)65-54-53-60(3,4)5)57(61)51-49-47-45-43-41-39-37-35-33-27-25-23-21-19-17-15-13-11-9-7-2/h8,10,14,16,20,22,26,28,30-31,34,36,40-43,49,51,56-57,61H,6-7,9,11-13,15,17-19,21,23-25,27,29,32-33,35,37-39,44-48,50,52-55H2,1-5H3,(H-,59,62,63,64)/p+1/b10-8-,16-14-,22-20-,28-26-,31-30-,36-34-,42-40-,43-41+,51-49+. The van der Waals surface area contributed by atoms with Crippen LogP contribution in [0.2, 0.25) is 0 Å². The number of likely N-dealkylation sites (N-methyl/N-ethyl adjacent to an activating group) is 1. The summed E-state index contributed by atoms with van der Waals surface area (Å²) in [5, 5.41) is 13.9. The molecule has 384 valence electrons. The summed E-state index contributed by atoms with van der Waals surface area (Å²) in [5.41, 5.74) is 0. The zero-order valence-electron chi connectivity index (χ0n) is 43.6. The fourth-order valence-corrected chi connectivity index (χ4v) is 7.77. The average molecular weight is 954 g/mol. The van der Waals surface area contributed by atoms with Crippen LogP contribution in [0.1, 0.15) is 200 Å². The number of phosphoric acid groups is 1. The maximum Gasteiger partial charge on any atom is 0.472 e. The van der Waals surface area contributed by atoms with E-state index in [9.17, 15) is 19.4 Å². The van der Waals surface area contributed by atoms with Crippen molar-refractivity contribution in [3.05, 3.63) is 109 Å². The van der Waals surface area contributed by atoms with Crippen molar-refractivity contribution in [1.82, 2.24) is 5.32 Å². The number of allylic oxidation sites excluding steroid dienone is 17. The van der Waals surface area contributed by atoms with Crippen LogP contribution in [0.5, 0.6) is 0 Å². The first-order valence-corrected chi connectivity index (χ1v) is 28.3. The highest BCUT2D eigenvalue weighted by Crippen LogP contribution is 2.43. The van der Waals surface area contributed by atoms with Gasteiger partial charge in [-0.2, -0.15) is 0 Å². The van der Waals surface area contributed by atoms with Crippen molar-refractivity contribution in [2.24, 2.45) is 0 Å². The van der Waals surface area contributed by atoms with Gasteiger partial charge < -0.3 is 19.8 Å². The van der Waals surface area contributed by atoms with E-state index in [-0.39, 0.29) is 19.1 Å². The van der Waals surface area contributed by atoms with Crippen LogP contribution in [0, 0.1) is 0 Å². The lowest BCUT2D eigenvalue weighted by atomic mass is 10.0. The molecule has 0 spiro atoms. The van der Waals surface area contributed by atoms with Gasteiger partial charge in [-0.3, -0.25) is 13.8 Å². The minimum atomic E-state index is -4.37. The molecule has 0 saturated heterocycles. The van der Waals surface area contributed by atoms with E-state index in [0.717, 1.165) is 83.5 Å². The Balaban J connectivity index is 4.44. The van der Waals surface area contributed by atoms with Crippen LogP contribution >= 0.6 is 7.82 Å². The Morgan fingerprint density at radius 3 is 1.37 bits per heavy atom. The molecule has 0 aromatic rings. The van der Waals surface area contributed by atoms with Gasteiger partial charge in [-0.15, -0.1) is 0 Å². The van der Waals surface area contributed by atoms with Crippen molar-refractivity contribution >= 4 is 13.7 Å². The molecule has 8 nitrogen and oxygen atoms in total. The largest absolute Gasteiger partial charge is 0.472 e. The summed E-state index contributed by atoms with van der Waals surface area (Å²) >= 11 is 0. The monoisotopic (exact) mass is 954 g/mol. The number of aliphatic hydroxyl groups excluding tert-OH is 1. The van der Waals surface area contributed by atoms with Gasteiger partial charge in [-0.25, -0.2) is 4.57 Å². The van der Waals surface area contributed by atoms with E-state index < -0.39 is 20.0 Å². The van der Waals surface area contributed by atoms with E-state index in [2.05, 4.69) is 116 Å². The van der Waals surface area contributed by atoms with Crippen molar-refractivity contribution in [3.63, 3.8) is 0 Å². The number of phosphoric ester groups is 1. The molecule has 3 unspecified atom stereocenters. The molecule has 0 saturated carbocycles. The van der Waals surface area contributed by atoms with Gasteiger partial charge in [0, 0.05) is 6.42 Å². The molecule has 0 bridgehead atoms. The van der Waals surface area contributed by atoms with E-state index in [1.807, 2.05) is 27.2 Å². The topological polar surface area (TPSA) is 105 Å². The lowest BCUT2D eigenvalue weighted by Crippen LogP contribution is -2.45. The summed E-state index contributed by atoms with van der Waals surface area (Å²) in [6.07, 6.45) is 70.4. The molecular weight excluding hydrogens is 852 g/mol. The normalized spacial score (nSPS) is 14.9. The van der Waals surface area contributed by atoms with Crippen LogP contribution in [0.25, 0.3) is 0 Å². The first kappa shape index (κ1) is 64.2. The number of amides is 1. The van der Waals surface area contributed by atoms with Gasteiger partial charge in [0.2, 0.25) is 5.91 Å². The fraction of sp³-hybridized carbons (Fsp3) is 0.672. The third kappa shape index (κ3) is 50.9. The van der Waals surface area contributed by atoms with Crippen molar-refractivity contribution in [2.45, 2.75) is 212 Å². The smallest absolute Gasteiger partial charge is 0.387 e. The summed E-state index contributed by atoms with van der Waals surface area (Å²) in [6, 6.07) is -0.890. The number of carbonyl (C=O) groups excluding carboxylic acids is 1. The highest BCUT2D eigenvalue weighted by molar-refractivity contribution is 7.47. The Bertz CT molecular complexity index is 1450. The van der Waals surface area contributed by atoms with Crippen LogP contribution in [0.4, 0.5) is 0 Å². The minimum Gasteiger partial charge on any atom is -0.387 e. The number of unbranched alkanes of at least 4 members (excludes halogenated alkanes) is 18. The molecular formula is C58H102N2O6P+. The lowest BCUT2D eigenvalue weighted by molar-refractivity contribution is -0.870. The van der Waals surface area contributed by atoms with E-state index in [0.29, 0.717) is 23.9 Å². The van der Waals surface area contributed by atoms with Gasteiger partial charge in [0.25, 0.3) is 0 Å². The number of aliphatic hydroxyl groups is 1. The molecule has 0 rings (SSSR count). The molecule has 3 N–H and O–H groups in total. The number of rotatable bonds is 47. The first-order valence-electron chi connectivity index (χ1n) is 26.8. The third-order valence-corrected chi connectivity index (χ3v) is 12.2. The SMILES string of the molecule is CC/C=C\C/C=C\C/C=C\C/C=C\C/C=C\C/C=C\C/C=C\CCCCCC(=O)NC(COP(=O)(O)OCC[N+](C)(C)C)C(O)/C=C/CC/C=C/CCCCCCCCCCCCCCCC. The number of hydrogen-bond donors (Lipinski definition) is 3. The van der Waals surface area contributed by atoms with Crippen molar-refractivity contribution in [1.29, 1.82) is 0 Å². The van der Waals surface area contributed by atoms with E-state index in [4.69, 9.17) is 9.05 Å². The molecule has 0 fully saturated rings. The number of nitrogens with one attached hydrogen (secondary N) is 1. The van der Waals surface area contributed by atoms with Gasteiger partial charge in [0.1, 0.15) is 13.2 Å². The van der Waals surface area contributed by atoms with Crippen molar-refractivity contribution in [2.75, 3.05) is 40.9 Å². The van der Waals surface area contributed by atoms with E-state index >= 15 is 0 Å². The Morgan fingerprint density at radius 1 is 0.522 bits per heavy atom. The fourth-order valence-electron chi connectivity index (χ4n) is 7.04. The Morgan fingerprint density at radius 2 is 0.910 bits per heavy atom. The maximum absolute atomic E-state index is 12.9. The summed E-state index contributed by atoms with van der Waals surface area (Å²) < 4.78 is 23.6. The quantitative estimate of drug-likeness (QED) is 0.0243. The highest BCUT2D eigenvalue weighted by atomic mass is 31.2. The molecule has 0 aliphatic rings. The second-order valence-electron chi connectivity index (χ2n) is 18.9. The molecule has 0 radical (unpaired) electrons. The Kier molecular flexibility index (Phi) is 46.2. The summed E-state index contributed by atoms with van der Waals surface area (Å²) in [4.78, 5) is 23.2. The zero-order valence-corrected chi connectivity index (χ0v) is 44.5. The summed E-state index contributed by atoms with van der Waals surface area (Å²) in [7, 11) is 1.51. The van der Waals surface area contributed by atoms with Crippen molar-refractivity contribution < 1.29 is 32.9 Å². The van der Waals surface area contributed by atoms with Crippen LogP contribution in [0.15, 0.2) is 109 Å². The van der Waals surface area contributed by atoms with Crippen LogP contribution in [-0.2, 0) is 18.4 Å². The molecule has 9 heteroatoms. The maximum atomic E-state index is 12.9. The molecule has 0 aromatic heterocycles. The van der Waals surface area contributed by atoms with Gasteiger partial charge in [0.05, 0.1) is 39.9 Å². The number of carbonyl (C=O) groups is 1. The molecule has 67 heavy (non-hydrogen) atoms. The Labute approximate surface area is 412 Å². The van der Waals surface area contributed by atoms with Gasteiger partial charge in [0.15, 0.2) is 0 Å². The molecule has 0 heterocycles. The van der Waals surface area contributed by atoms with Crippen LogP contribution in [0.3, 0.4) is 0 Å². The third-order valence-electron chi connectivity index (χ3n) is 11.2. The first-order chi connectivity index (χ1) is 32.5. The van der Waals surface area contributed by atoms with Gasteiger partial charge in [-0.1, -0.05) is 213 Å². The van der Waals surface area contributed by atoms with Gasteiger partial charge in [-0.05, 0) is 89.9 Å². The van der Waals surface area contributed by atoms with Crippen LogP contribution < -0.4 is 5.32 Å². The number of nitrogens with zero attached hydrogens (tertiary/aromatic N) is 1. The second kappa shape index (κ2) is 48.2. The van der Waals surface area contributed by atoms with Crippen LogP contribution in [-0.4, -0.2) is 73.4 Å². The minimum absolute atomic E-state index is 0.0430. The molecule has 0 aliphatic carbocycles. The summed E-state index contributed by atoms with van der Waals surface area (Å²) in [6.45, 7) is 4.64. The van der Waals surface area contributed by atoms with E-state index in [1.54, 1.807) is 6.08 Å². The second-order valence-corrected chi connectivity index (χ2v) is 20.3. The predicted octanol–water partition coefficient (Wildman–Crippen LogP) is 16.0. The van der Waals surface area contributed by atoms with Gasteiger partial charge >= 0.3 is 7.82 Å². The zero-order chi connectivity index (χ0) is 49.2. The highest BCUT2D eigenvalue weighted by Gasteiger charge is 2.27. The van der Waals surface area contributed by atoms with E-state index in [1.165, 1.54) is 89.9 Å². The molecule has 3 atom stereocenters. The molecule has 0 aromatic carbocycles. The summed E-state index contributed by atoms with van der Waals surface area (Å²) in [5.74, 6) is -0.223. The lowest BCUT2D eigenvalue weighted by Gasteiger charge is -2.25. The average Bonchev–Trinajstić information content (AvgIpc) is 3.29. The van der Waals surface area contributed by atoms with Crippen molar-refractivity contribution in [3.8, 4) is 0 Å². The number of quaternary nitrogens is 1. The Hall–Kier alpha value is -2.84. The predicted molar refractivity (Wildman–Crippen MR) is 290 cm³/mol. The molecule has 0 aliphatic heterocycles. The number of hydrogen-bond acceptors (Lipinski definition) is 5.